The van der Waals surface area contributed by atoms with E-state index in [9.17, 15) is 4.79 Å². The van der Waals surface area contributed by atoms with Crippen molar-refractivity contribution in [3.8, 4) is 17.1 Å². The Bertz CT molecular complexity index is 1000. The van der Waals surface area contributed by atoms with Crippen LogP contribution >= 0.6 is 23.6 Å². The number of aromatic nitrogens is 4. The normalized spacial score (nSPS) is 15.3. The molecule has 8 nitrogen and oxygen atoms in total. The van der Waals surface area contributed by atoms with Gasteiger partial charge in [-0.25, -0.2) is 9.67 Å². The van der Waals surface area contributed by atoms with Crippen molar-refractivity contribution in [2.75, 3.05) is 25.5 Å². The van der Waals surface area contributed by atoms with E-state index in [2.05, 4.69) is 25.3 Å². The van der Waals surface area contributed by atoms with E-state index in [4.69, 9.17) is 17.0 Å². The molecule has 2 aromatic heterocycles. The average molecular weight is 431 g/mol. The van der Waals surface area contributed by atoms with Gasteiger partial charge in [-0.2, -0.15) is 4.98 Å². The van der Waals surface area contributed by atoms with E-state index < -0.39 is 0 Å². The fourth-order valence-corrected chi connectivity index (χ4v) is 4.09. The molecular weight excluding hydrogens is 408 g/mol. The summed E-state index contributed by atoms with van der Waals surface area (Å²) in [5.41, 5.74) is 0.952. The molecule has 1 saturated heterocycles. The van der Waals surface area contributed by atoms with Crippen molar-refractivity contribution in [1.82, 2.24) is 24.6 Å². The van der Waals surface area contributed by atoms with Crippen LogP contribution in [0.1, 0.15) is 12.8 Å². The zero-order chi connectivity index (χ0) is 20.2. The maximum absolute atomic E-state index is 12.4. The lowest BCUT2D eigenvalue weighted by Crippen LogP contribution is -2.39. The Morgan fingerprint density at radius 2 is 2.10 bits per heavy atom. The fourth-order valence-electron chi connectivity index (χ4n) is 3.36. The molecule has 4 rings (SSSR count). The highest BCUT2D eigenvalue weighted by atomic mass is 32.1. The molecule has 152 valence electrons. The number of ether oxygens (including phenoxy) is 1. The summed E-state index contributed by atoms with van der Waals surface area (Å²) in [4.78, 5) is 23.2. The summed E-state index contributed by atoms with van der Waals surface area (Å²) < 4.78 is 7.57. The van der Waals surface area contributed by atoms with E-state index in [0.29, 0.717) is 16.6 Å². The van der Waals surface area contributed by atoms with Crippen LogP contribution in [-0.2, 0) is 11.5 Å². The summed E-state index contributed by atoms with van der Waals surface area (Å²) in [5.74, 6) is 1.60. The highest BCUT2D eigenvalue weighted by molar-refractivity contribution is 7.71. The maximum atomic E-state index is 12.4. The van der Waals surface area contributed by atoms with Crippen LogP contribution in [0.15, 0.2) is 35.8 Å². The molecule has 1 aromatic carbocycles. The number of anilines is 1. The summed E-state index contributed by atoms with van der Waals surface area (Å²) >= 11 is 6.85. The summed E-state index contributed by atoms with van der Waals surface area (Å²) in [6, 6.07) is 7.69. The second-order valence-corrected chi connectivity index (χ2v) is 8.13. The van der Waals surface area contributed by atoms with Gasteiger partial charge in [0.2, 0.25) is 10.7 Å². The van der Waals surface area contributed by atoms with Crippen molar-refractivity contribution < 1.29 is 9.53 Å². The molecule has 0 radical (unpaired) electrons. The molecule has 3 aromatic rings. The van der Waals surface area contributed by atoms with Gasteiger partial charge in [0, 0.05) is 36.1 Å². The third kappa shape index (κ3) is 4.72. The number of amides is 1. The topological polar surface area (TPSA) is 88.1 Å². The maximum Gasteiger partial charge on any atom is 0.229 e. The molecule has 0 bridgehead atoms. The Balaban J connectivity index is 1.34. The zero-order valence-corrected chi connectivity index (χ0v) is 17.6. The predicted molar refractivity (Wildman–Crippen MR) is 114 cm³/mol. The van der Waals surface area contributed by atoms with Gasteiger partial charge >= 0.3 is 0 Å². The molecule has 0 spiro atoms. The first-order valence-corrected chi connectivity index (χ1v) is 10.6. The van der Waals surface area contributed by atoms with Crippen LogP contribution in [0.5, 0.6) is 5.75 Å². The van der Waals surface area contributed by atoms with E-state index in [-0.39, 0.29) is 11.8 Å². The highest BCUT2D eigenvalue weighted by Crippen LogP contribution is 2.22. The van der Waals surface area contributed by atoms with Crippen molar-refractivity contribution in [2.24, 2.45) is 5.92 Å². The van der Waals surface area contributed by atoms with Crippen LogP contribution in [0.25, 0.3) is 11.4 Å². The molecule has 2 N–H and O–H groups in total. The van der Waals surface area contributed by atoms with Gasteiger partial charge in [0.05, 0.1) is 13.8 Å². The first-order valence-electron chi connectivity index (χ1n) is 9.36. The number of rotatable bonds is 6. The highest BCUT2D eigenvalue weighted by Gasteiger charge is 2.25. The van der Waals surface area contributed by atoms with Crippen LogP contribution in [0.4, 0.5) is 5.13 Å². The smallest absolute Gasteiger partial charge is 0.229 e. The minimum Gasteiger partial charge on any atom is -0.497 e. The Morgan fingerprint density at radius 3 is 2.76 bits per heavy atom. The minimum absolute atomic E-state index is 0.0137. The Labute approximate surface area is 177 Å². The largest absolute Gasteiger partial charge is 0.497 e. The molecule has 1 aliphatic heterocycles. The number of piperidine rings is 1. The number of nitrogens with zero attached hydrogens (tertiary/aromatic N) is 4. The van der Waals surface area contributed by atoms with Gasteiger partial charge in [-0.1, -0.05) is 0 Å². The van der Waals surface area contributed by atoms with E-state index in [1.165, 1.54) is 11.3 Å². The second-order valence-electron chi connectivity index (χ2n) is 6.87. The lowest BCUT2D eigenvalue weighted by Gasteiger charge is -2.30. The molecule has 1 fully saturated rings. The number of benzene rings is 1. The van der Waals surface area contributed by atoms with E-state index in [1.807, 2.05) is 34.3 Å². The van der Waals surface area contributed by atoms with Gasteiger partial charge in [0.25, 0.3) is 0 Å². The minimum atomic E-state index is 0.0137. The first kappa shape index (κ1) is 19.7. The molecule has 1 aliphatic rings. The quantitative estimate of drug-likeness (QED) is 0.583. The summed E-state index contributed by atoms with van der Waals surface area (Å²) in [5, 5.41) is 8.69. The van der Waals surface area contributed by atoms with E-state index in [0.717, 1.165) is 43.1 Å². The van der Waals surface area contributed by atoms with E-state index >= 15 is 0 Å². The van der Waals surface area contributed by atoms with Crippen LogP contribution in [-0.4, -0.2) is 50.8 Å². The molecule has 0 unspecified atom stereocenters. The van der Waals surface area contributed by atoms with Gasteiger partial charge in [-0.05, 0) is 49.3 Å². The molecule has 3 heterocycles. The predicted octanol–water partition coefficient (Wildman–Crippen LogP) is 3.38. The van der Waals surface area contributed by atoms with Gasteiger partial charge in [0.1, 0.15) is 5.75 Å². The van der Waals surface area contributed by atoms with Gasteiger partial charge in [0.15, 0.2) is 11.0 Å². The molecule has 0 saturated carbocycles. The molecule has 0 atom stereocenters. The number of likely N-dealkylation sites (tertiary alicyclic amines) is 1. The summed E-state index contributed by atoms with van der Waals surface area (Å²) in [6.07, 6.45) is 3.31. The van der Waals surface area contributed by atoms with Crippen LogP contribution < -0.4 is 10.1 Å². The molecule has 29 heavy (non-hydrogen) atoms. The molecule has 1 amide bonds. The number of carbonyl (C=O) groups excluding carboxylic acids is 1. The van der Waals surface area contributed by atoms with Gasteiger partial charge < -0.3 is 10.1 Å². The third-order valence-electron chi connectivity index (χ3n) is 5.00. The van der Waals surface area contributed by atoms with Crippen molar-refractivity contribution in [2.45, 2.75) is 19.5 Å². The van der Waals surface area contributed by atoms with Crippen LogP contribution in [0, 0.1) is 10.7 Å². The van der Waals surface area contributed by atoms with Crippen molar-refractivity contribution >= 4 is 34.6 Å². The zero-order valence-electron chi connectivity index (χ0n) is 16.0. The Kier molecular flexibility index (Phi) is 6.02. The van der Waals surface area contributed by atoms with E-state index in [1.54, 1.807) is 13.3 Å². The summed E-state index contributed by atoms with van der Waals surface area (Å²) in [7, 11) is 1.64. The number of H-pyrrole nitrogens is 1. The fraction of sp³-hybridized carbons (Fsp3) is 0.368. The molecule has 0 aliphatic carbocycles. The number of methoxy groups -OCH3 is 1. The lowest BCUT2D eigenvalue weighted by molar-refractivity contribution is -0.121. The Morgan fingerprint density at radius 1 is 1.34 bits per heavy atom. The number of thiazole rings is 1. The first-order chi connectivity index (χ1) is 14.1. The standard InChI is InChI=1S/C19H22N6O2S2/c1-27-15-4-2-13(3-5-15)16-21-19(28)25(23-16)12-24-9-6-14(7-10-24)17(26)22-18-20-8-11-29-18/h2-5,8,11,14H,6-7,9-10,12H2,1H3,(H,20,22,26)(H,21,23,28). The number of hydrogen-bond donors (Lipinski definition) is 2. The Hall–Kier alpha value is -2.56. The van der Waals surface area contributed by atoms with Gasteiger partial charge in [-0.15, -0.1) is 11.3 Å². The van der Waals surface area contributed by atoms with Crippen molar-refractivity contribution in [3.63, 3.8) is 0 Å². The summed E-state index contributed by atoms with van der Waals surface area (Å²) in [6.45, 7) is 2.28. The third-order valence-corrected chi connectivity index (χ3v) is 6.01. The lowest BCUT2D eigenvalue weighted by atomic mass is 9.96. The number of carbonyl (C=O) groups is 1. The SMILES string of the molecule is COc1ccc(-c2nc(=S)n(CN3CCC(C(=O)Nc4nccs4)CC3)[nH]2)cc1. The van der Waals surface area contributed by atoms with Crippen LogP contribution in [0.3, 0.4) is 0 Å². The molecular formula is C19H22N6O2S2. The second kappa shape index (κ2) is 8.85. The van der Waals surface area contributed by atoms with Crippen molar-refractivity contribution in [3.05, 3.63) is 40.6 Å². The average Bonchev–Trinajstić information content (AvgIpc) is 3.38. The number of hydrogen-bond acceptors (Lipinski definition) is 7. The van der Waals surface area contributed by atoms with Gasteiger partial charge in [-0.3, -0.25) is 14.8 Å². The molecule has 10 heteroatoms. The number of nitrogens with one attached hydrogen (secondary N) is 2. The van der Waals surface area contributed by atoms with Crippen molar-refractivity contribution in [1.29, 1.82) is 0 Å². The number of aromatic amines is 1. The monoisotopic (exact) mass is 430 g/mol. The van der Waals surface area contributed by atoms with Crippen LogP contribution in [0.2, 0.25) is 0 Å².